The number of amides is 1. The van der Waals surface area contributed by atoms with Gasteiger partial charge < -0.3 is 5.32 Å². The Morgan fingerprint density at radius 1 is 1.28 bits per heavy atom. The van der Waals surface area contributed by atoms with Crippen molar-refractivity contribution >= 4 is 40.4 Å². The van der Waals surface area contributed by atoms with Crippen molar-refractivity contribution in [2.24, 2.45) is 10.9 Å². The van der Waals surface area contributed by atoms with E-state index in [9.17, 15) is 18.4 Å². The van der Waals surface area contributed by atoms with E-state index in [1.807, 2.05) is 11.8 Å². The van der Waals surface area contributed by atoms with Gasteiger partial charge in [-0.1, -0.05) is 11.6 Å². The van der Waals surface area contributed by atoms with Crippen LogP contribution in [0.1, 0.15) is 22.3 Å². The molecular formula is C21H18ClF2N3O2. The fourth-order valence-electron chi connectivity index (χ4n) is 3.79. The van der Waals surface area contributed by atoms with Crippen LogP contribution in [0.3, 0.4) is 0 Å². The van der Waals surface area contributed by atoms with Crippen LogP contribution >= 0.6 is 11.6 Å². The molecule has 2 aromatic carbocycles. The van der Waals surface area contributed by atoms with Crippen LogP contribution in [-0.2, 0) is 4.79 Å². The number of hydrogen-bond acceptors (Lipinski definition) is 4. The van der Waals surface area contributed by atoms with Crippen molar-refractivity contribution in [2.45, 2.75) is 13.3 Å². The van der Waals surface area contributed by atoms with Gasteiger partial charge in [0, 0.05) is 41.1 Å². The Kier molecular flexibility index (Phi) is 5.19. The van der Waals surface area contributed by atoms with Crippen molar-refractivity contribution in [3.63, 3.8) is 0 Å². The largest absolute Gasteiger partial charge is 0.325 e. The summed E-state index contributed by atoms with van der Waals surface area (Å²) in [6, 6.07) is 6.23. The number of ketones is 1. The lowest BCUT2D eigenvalue weighted by molar-refractivity contribution is -0.117. The number of nitrogens with one attached hydrogen (secondary N) is 1. The molecular weight excluding hydrogens is 400 g/mol. The summed E-state index contributed by atoms with van der Waals surface area (Å²) >= 11 is 6.15. The second kappa shape index (κ2) is 7.65. The molecule has 1 N–H and O–H groups in total. The van der Waals surface area contributed by atoms with Crippen LogP contribution < -0.4 is 5.32 Å². The number of likely N-dealkylation sites (tertiary alicyclic amines) is 1. The number of carbonyl (C=O) groups excluding carboxylic acids is 2. The van der Waals surface area contributed by atoms with Gasteiger partial charge in [0.15, 0.2) is 5.78 Å². The summed E-state index contributed by atoms with van der Waals surface area (Å²) in [5.41, 5.74) is 2.82. The number of rotatable bonds is 3. The molecule has 0 spiro atoms. The number of hydrogen-bond donors (Lipinski definition) is 1. The molecule has 0 aliphatic carbocycles. The van der Waals surface area contributed by atoms with Crippen LogP contribution in [0.4, 0.5) is 20.2 Å². The maximum absolute atomic E-state index is 13.3. The molecule has 1 fully saturated rings. The van der Waals surface area contributed by atoms with Crippen LogP contribution in [0.2, 0.25) is 5.02 Å². The van der Waals surface area contributed by atoms with Gasteiger partial charge in [-0.3, -0.25) is 19.5 Å². The Balaban J connectivity index is 1.46. The molecule has 0 aromatic heterocycles. The first-order valence-corrected chi connectivity index (χ1v) is 9.58. The number of Topliss-reactive ketones (excluding diaryl/α,β-unsaturated/α-hetero) is 1. The van der Waals surface area contributed by atoms with E-state index in [4.69, 9.17) is 11.6 Å². The van der Waals surface area contributed by atoms with Crippen molar-refractivity contribution < 1.29 is 18.4 Å². The minimum atomic E-state index is -0.763. The summed E-state index contributed by atoms with van der Waals surface area (Å²) in [6.45, 7) is 2.78. The SMILES string of the molecule is Cc1c(Cl)ccc2c1N=C1CCN(CC(=O)Nc3cc(F)cc(F)c3)CC1C2=O. The first kappa shape index (κ1) is 19.7. The zero-order valence-corrected chi connectivity index (χ0v) is 16.4. The third kappa shape index (κ3) is 3.93. The molecule has 0 radical (unpaired) electrons. The van der Waals surface area contributed by atoms with Crippen molar-refractivity contribution in [3.05, 3.63) is 58.1 Å². The van der Waals surface area contributed by atoms with Gasteiger partial charge in [0.1, 0.15) is 11.6 Å². The monoisotopic (exact) mass is 417 g/mol. The molecule has 2 aromatic rings. The molecule has 2 aliphatic heterocycles. The van der Waals surface area contributed by atoms with E-state index >= 15 is 0 Å². The molecule has 2 aliphatic rings. The second-order valence-electron chi connectivity index (χ2n) is 7.28. The fraction of sp³-hybridized carbons (Fsp3) is 0.286. The minimum absolute atomic E-state index is 0.0156. The molecule has 29 heavy (non-hydrogen) atoms. The van der Waals surface area contributed by atoms with E-state index in [2.05, 4.69) is 10.3 Å². The highest BCUT2D eigenvalue weighted by Gasteiger charge is 2.36. The first-order valence-electron chi connectivity index (χ1n) is 9.21. The number of anilines is 1. The Hall–Kier alpha value is -2.64. The van der Waals surface area contributed by atoms with Crippen LogP contribution in [0.25, 0.3) is 0 Å². The highest BCUT2D eigenvalue weighted by atomic mass is 35.5. The highest BCUT2D eigenvalue weighted by Crippen LogP contribution is 2.37. The van der Waals surface area contributed by atoms with Gasteiger partial charge in [0.2, 0.25) is 5.91 Å². The average molecular weight is 418 g/mol. The zero-order chi connectivity index (χ0) is 20.7. The number of nitrogens with zero attached hydrogens (tertiary/aromatic N) is 2. The summed E-state index contributed by atoms with van der Waals surface area (Å²) < 4.78 is 26.6. The van der Waals surface area contributed by atoms with E-state index in [0.29, 0.717) is 35.8 Å². The van der Waals surface area contributed by atoms with Gasteiger partial charge in [-0.2, -0.15) is 0 Å². The molecule has 0 saturated carbocycles. The molecule has 1 atom stereocenters. The second-order valence-corrected chi connectivity index (χ2v) is 7.69. The number of benzene rings is 2. The smallest absolute Gasteiger partial charge is 0.238 e. The zero-order valence-electron chi connectivity index (χ0n) is 15.6. The molecule has 8 heteroatoms. The summed E-state index contributed by atoms with van der Waals surface area (Å²) in [6.07, 6.45) is 0.559. The number of carbonyl (C=O) groups is 2. The number of piperidine rings is 1. The minimum Gasteiger partial charge on any atom is -0.325 e. The lowest BCUT2D eigenvalue weighted by atomic mass is 9.84. The van der Waals surface area contributed by atoms with E-state index in [0.717, 1.165) is 29.5 Å². The van der Waals surface area contributed by atoms with Crippen molar-refractivity contribution in [3.8, 4) is 0 Å². The third-order valence-corrected chi connectivity index (χ3v) is 5.65. The lowest BCUT2D eigenvalue weighted by Crippen LogP contribution is -2.47. The quantitative estimate of drug-likeness (QED) is 0.815. The Morgan fingerprint density at radius 3 is 2.72 bits per heavy atom. The molecule has 4 rings (SSSR count). The van der Waals surface area contributed by atoms with Crippen molar-refractivity contribution in [2.75, 3.05) is 25.0 Å². The predicted octanol–water partition coefficient (Wildman–Crippen LogP) is 4.16. The maximum atomic E-state index is 13.3. The Morgan fingerprint density at radius 2 is 2.00 bits per heavy atom. The van der Waals surface area contributed by atoms with Gasteiger partial charge in [-0.15, -0.1) is 0 Å². The molecule has 150 valence electrons. The fourth-order valence-corrected chi connectivity index (χ4v) is 3.95. The Labute approximate surface area is 171 Å². The molecule has 1 amide bonds. The van der Waals surface area contributed by atoms with E-state index in [1.165, 1.54) is 0 Å². The highest BCUT2D eigenvalue weighted by molar-refractivity contribution is 6.32. The van der Waals surface area contributed by atoms with Gasteiger partial charge in [0.05, 0.1) is 18.2 Å². The van der Waals surface area contributed by atoms with Gasteiger partial charge >= 0.3 is 0 Å². The first-order chi connectivity index (χ1) is 13.8. The summed E-state index contributed by atoms with van der Waals surface area (Å²) in [5, 5.41) is 3.06. The van der Waals surface area contributed by atoms with Gasteiger partial charge in [-0.25, -0.2) is 8.78 Å². The van der Waals surface area contributed by atoms with Gasteiger partial charge in [-0.05, 0) is 43.2 Å². The molecule has 5 nitrogen and oxygen atoms in total. The molecule has 1 unspecified atom stereocenters. The molecule has 1 saturated heterocycles. The number of halogens is 3. The van der Waals surface area contributed by atoms with Crippen LogP contribution in [-0.4, -0.2) is 41.9 Å². The van der Waals surface area contributed by atoms with Crippen molar-refractivity contribution in [1.82, 2.24) is 4.90 Å². The summed E-state index contributed by atoms with van der Waals surface area (Å²) in [4.78, 5) is 31.8. The van der Waals surface area contributed by atoms with Crippen LogP contribution in [0.5, 0.6) is 0 Å². The van der Waals surface area contributed by atoms with Crippen molar-refractivity contribution in [1.29, 1.82) is 0 Å². The van der Waals surface area contributed by atoms with E-state index in [1.54, 1.807) is 12.1 Å². The van der Waals surface area contributed by atoms with Crippen LogP contribution in [0, 0.1) is 24.5 Å². The van der Waals surface area contributed by atoms with Crippen LogP contribution in [0.15, 0.2) is 35.3 Å². The Bertz CT molecular complexity index is 1030. The maximum Gasteiger partial charge on any atom is 0.238 e. The number of aliphatic imine (C=N–C) groups is 1. The standard InChI is InChI=1S/C21H18ClF2N3O2/c1-11-17(22)3-2-15-20(11)26-18-4-5-27(9-16(18)21(15)29)10-19(28)25-14-7-12(23)6-13(24)8-14/h2-3,6-8,16H,4-5,9-10H2,1H3,(H,25,28). The van der Waals surface area contributed by atoms with E-state index in [-0.39, 0.29) is 18.0 Å². The normalized spacial score (nSPS) is 18.7. The summed E-state index contributed by atoms with van der Waals surface area (Å²) in [7, 11) is 0. The third-order valence-electron chi connectivity index (χ3n) is 5.24. The molecule has 2 heterocycles. The van der Waals surface area contributed by atoms with Gasteiger partial charge in [0.25, 0.3) is 0 Å². The molecule has 0 bridgehead atoms. The summed E-state index contributed by atoms with van der Waals surface area (Å²) in [5.74, 6) is -2.36. The lowest BCUT2D eigenvalue weighted by Gasteiger charge is -2.35. The average Bonchev–Trinajstić information content (AvgIpc) is 2.65. The number of fused-ring (bicyclic) bond motifs is 2. The van der Waals surface area contributed by atoms with E-state index < -0.39 is 23.5 Å². The predicted molar refractivity (Wildman–Crippen MR) is 107 cm³/mol. The topological polar surface area (TPSA) is 61.8 Å².